The van der Waals surface area contributed by atoms with Gasteiger partial charge in [-0.25, -0.2) is 0 Å². The molecule has 1 aromatic rings. The van der Waals surface area contributed by atoms with Crippen molar-refractivity contribution >= 4 is 10.8 Å². The molecule has 5 unspecified atom stereocenters. The van der Waals surface area contributed by atoms with Crippen LogP contribution in [0.1, 0.15) is 71.6 Å². The quantitative estimate of drug-likeness (QED) is 0.505. The van der Waals surface area contributed by atoms with Gasteiger partial charge in [0.1, 0.15) is 0 Å². The molecule has 0 aliphatic heterocycles. The summed E-state index contributed by atoms with van der Waals surface area (Å²) in [5.74, 6) is 2.75. The van der Waals surface area contributed by atoms with Crippen LogP contribution in [0.5, 0.6) is 0 Å². The molecule has 3 aliphatic carbocycles. The van der Waals surface area contributed by atoms with Gasteiger partial charge < -0.3 is 5.11 Å². The van der Waals surface area contributed by atoms with E-state index in [2.05, 4.69) is 32.6 Å². The Bertz CT molecular complexity index is 899. The predicted molar refractivity (Wildman–Crippen MR) is 135 cm³/mol. The molecule has 0 heterocycles. The van der Waals surface area contributed by atoms with E-state index in [0.717, 1.165) is 41.9 Å². The molecule has 174 valence electrons. The number of benzene rings is 1. The normalized spacial score (nSPS) is 35.1. The van der Waals surface area contributed by atoms with Crippen LogP contribution in [0.4, 0.5) is 0 Å². The smallest absolute Gasteiger partial charge is 0.0787 e. The Morgan fingerprint density at radius 3 is 2.72 bits per heavy atom. The summed E-state index contributed by atoms with van der Waals surface area (Å²) in [6.07, 6.45) is 14.6. The van der Waals surface area contributed by atoms with Crippen molar-refractivity contribution in [3.8, 4) is 0 Å². The van der Waals surface area contributed by atoms with Crippen molar-refractivity contribution in [2.75, 3.05) is 5.75 Å². The molecule has 2 nitrogen and oxygen atoms in total. The van der Waals surface area contributed by atoms with E-state index >= 15 is 0 Å². The van der Waals surface area contributed by atoms with Crippen LogP contribution in [0.25, 0.3) is 0 Å². The highest BCUT2D eigenvalue weighted by molar-refractivity contribution is 7.85. The summed E-state index contributed by atoms with van der Waals surface area (Å²) in [6.45, 7) is 9.07. The van der Waals surface area contributed by atoms with Gasteiger partial charge in [-0.2, -0.15) is 0 Å². The number of aliphatic hydroxyl groups is 1. The molecule has 1 aromatic carbocycles. The number of rotatable bonds is 6. The largest absolute Gasteiger partial charge is 0.388 e. The fraction of sp³-hybridized carbons (Fsp3) is 0.586. The zero-order valence-corrected chi connectivity index (χ0v) is 20.7. The SMILES string of the molecule is C=C1/C(=C\C=C2/CCCC3(C)C2CCC3[C@H](C)CCS(=O)c2ccccc2)CCCC1O. The summed E-state index contributed by atoms with van der Waals surface area (Å²) in [4.78, 5) is 0.959. The van der Waals surface area contributed by atoms with E-state index in [-0.39, 0.29) is 6.10 Å². The summed E-state index contributed by atoms with van der Waals surface area (Å²) >= 11 is 0. The second-order valence-electron chi connectivity index (χ2n) is 10.6. The standard InChI is InChI=1S/C29H40O2S/c1-21(18-20-32(31)25-11-5-4-6-12-25)26-16-17-27-24(10-8-19-29(26,27)3)15-14-23-9-7-13-28(30)22(23)2/h4-6,11-12,14-15,21,26-28,30H,2,7-10,13,16-20H2,1,3H3/b23-14-,24-15+/t21-,26?,27?,28?,29?,32?/m1/s1. The molecule has 0 amide bonds. The third kappa shape index (κ3) is 4.89. The topological polar surface area (TPSA) is 37.3 Å². The predicted octanol–water partition coefficient (Wildman–Crippen LogP) is 6.99. The maximum Gasteiger partial charge on any atom is 0.0787 e. The molecule has 1 N–H and O–H groups in total. The third-order valence-corrected chi connectivity index (χ3v) is 10.1. The van der Waals surface area contributed by atoms with Crippen LogP contribution in [-0.4, -0.2) is 21.2 Å². The Morgan fingerprint density at radius 1 is 1.16 bits per heavy atom. The third-order valence-electron chi connectivity index (χ3n) is 8.73. The average molecular weight is 453 g/mol. The molecular formula is C29H40O2S. The fourth-order valence-corrected chi connectivity index (χ4v) is 8.11. The van der Waals surface area contributed by atoms with Crippen molar-refractivity contribution in [2.45, 2.75) is 82.6 Å². The lowest BCUT2D eigenvalue weighted by Gasteiger charge is -2.44. The van der Waals surface area contributed by atoms with E-state index in [1.807, 2.05) is 30.3 Å². The van der Waals surface area contributed by atoms with Crippen LogP contribution in [0.2, 0.25) is 0 Å². The Morgan fingerprint density at radius 2 is 1.94 bits per heavy atom. The van der Waals surface area contributed by atoms with Crippen molar-refractivity contribution in [1.29, 1.82) is 0 Å². The molecule has 3 fully saturated rings. The molecule has 3 saturated carbocycles. The molecule has 0 bridgehead atoms. The zero-order chi connectivity index (χ0) is 22.7. The Kier molecular flexibility index (Phi) is 7.57. The highest BCUT2D eigenvalue weighted by Gasteiger charge is 2.50. The summed E-state index contributed by atoms with van der Waals surface area (Å²) in [6, 6.07) is 9.92. The van der Waals surface area contributed by atoms with Crippen LogP contribution < -0.4 is 0 Å². The first kappa shape index (κ1) is 23.7. The van der Waals surface area contributed by atoms with E-state index in [1.54, 1.807) is 5.57 Å². The molecule has 3 heteroatoms. The first-order chi connectivity index (χ1) is 15.4. The number of fused-ring (bicyclic) bond motifs is 1. The Labute approximate surface area is 197 Å². The average Bonchev–Trinajstić information content (AvgIpc) is 3.16. The monoisotopic (exact) mass is 452 g/mol. The van der Waals surface area contributed by atoms with Gasteiger partial charge >= 0.3 is 0 Å². The van der Waals surface area contributed by atoms with Crippen molar-refractivity contribution in [1.82, 2.24) is 0 Å². The van der Waals surface area contributed by atoms with Crippen LogP contribution in [0.3, 0.4) is 0 Å². The highest BCUT2D eigenvalue weighted by atomic mass is 32.2. The van der Waals surface area contributed by atoms with Crippen LogP contribution in [0.15, 0.2) is 70.7 Å². The molecule has 3 aliphatic rings. The molecule has 0 saturated heterocycles. The van der Waals surface area contributed by atoms with E-state index < -0.39 is 10.8 Å². The highest BCUT2D eigenvalue weighted by Crippen LogP contribution is 2.59. The van der Waals surface area contributed by atoms with Gasteiger partial charge in [0.15, 0.2) is 0 Å². The van der Waals surface area contributed by atoms with Gasteiger partial charge in [-0.3, -0.25) is 4.21 Å². The summed E-state index contributed by atoms with van der Waals surface area (Å²) in [7, 11) is -0.895. The van der Waals surface area contributed by atoms with E-state index in [1.165, 1.54) is 37.7 Å². The van der Waals surface area contributed by atoms with Gasteiger partial charge in [0.2, 0.25) is 0 Å². The maximum absolute atomic E-state index is 12.7. The lowest BCUT2D eigenvalue weighted by atomic mass is 9.61. The van der Waals surface area contributed by atoms with Gasteiger partial charge in [-0.1, -0.05) is 56.4 Å². The van der Waals surface area contributed by atoms with Gasteiger partial charge in [0.25, 0.3) is 0 Å². The van der Waals surface area contributed by atoms with Crippen LogP contribution in [-0.2, 0) is 10.8 Å². The van der Waals surface area contributed by atoms with Crippen LogP contribution in [0, 0.1) is 23.2 Å². The molecular weight excluding hydrogens is 412 g/mol. The lowest BCUT2D eigenvalue weighted by Crippen LogP contribution is -2.36. The van der Waals surface area contributed by atoms with Crippen molar-refractivity contribution in [2.24, 2.45) is 23.2 Å². The maximum atomic E-state index is 12.7. The number of aliphatic hydroxyl groups excluding tert-OH is 1. The molecule has 6 atom stereocenters. The summed E-state index contributed by atoms with van der Waals surface area (Å²) in [5.41, 5.74) is 4.15. The minimum atomic E-state index is -0.895. The first-order valence-electron chi connectivity index (χ1n) is 12.6. The van der Waals surface area contributed by atoms with Gasteiger partial charge in [0, 0.05) is 10.6 Å². The number of allylic oxidation sites excluding steroid dienone is 3. The molecule has 0 aromatic heterocycles. The molecule has 0 spiro atoms. The lowest BCUT2D eigenvalue weighted by molar-refractivity contribution is 0.0964. The second-order valence-corrected chi connectivity index (χ2v) is 12.2. The number of hydrogen-bond acceptors (Lipinski definition) is 2. The summed E-state index contributed by atoms with van der Waals surface area (Å²) in [5, 5.41) is 10.2. The van der Waals surface area contributed by atoms with E-state index in [4.69, 9.17) is 0 Å². The second kappa shape index (κ2) is 10.2. The van der Waals surface area contributed by atoms with Crippen molar-refractivity contribution in [3.05, 3.63) is 65.8 Å². The summed E-state index contributed by atoms with van der Waals surface area (Å²) < 4.78 is 12.7. The zero-order valence-electron chi connectivity index (χ0n) is 19.9. The number of hydrogen-bond donors (Lipinski definition) is 1. The molecule has 4 rings (SSSR count). The Hall–Kier alpha value is -1.45. The fourth-order valence-electron chi connectivity index (χ4n) is 6.83. The van der Waals surface area contributed by atoms with E-state index in [0.29, 0.717) is 23.2 Å². The molecule has 32 heavy (non-hydrogen) atoms. The van der Waals surface area contributed by atoms with Crippen LogP contribution >= 0.6 is 0 Å². The van der Waals surface area contributed by atoms with Gasteiger partial charge in [-0.15, -0.1) is 0 Å². The van der Waals surface area contributed by atoms with Crippen molar-refractivity contribution in [3.63, 3.8) is 0 Å². The minimum absolute atomic E-state index is 0.358. The van der Waals surface area contributed by atoms with Gasteiger partial charge in [0.05, 0.1) is 16.9 Å². The molecule has 0 radical (unpaired) electrons. The van der Waals surface area contributed by atoms with Gasteiger partial charge in [-0.05, 0) is 104 Å². The van der Waals surface area contributed by atoms with Crippen molar-refractivity contribution < 1.29 is 9.32 Å². The minimum Gasteiger partial charge on any atom is -0.388 e. The Balaban J connectivity index is 1.43. The van der Waals surface area contributed by atoms with E-state index in [9.17, 15) is 9.32 Å². The first-order valence-corrected chi connectivity index (χ1v) is 13.9.